The summed E-state index contributed by atoms with van der Waals surface area (Å²) in [5.74, 6) is -1.47. The fourth-order valence-electron chi connectivity index (χ4n) is 3.07. The Hall–Kier alpha value is -3.81. The highest BCUT2D eigenvalue weighted by Crippen LogP contribution is 2.22. The van der Waals surface area contributed by atoms with Crippen LogP contribution in [0.4, 0.5) is 0 Å². The van der Waals surface area contributed by atoms with Crippen molar-refractivity contribution in [3.63, 3.8) is 0 Å². The molecule has 1 aromatic heterocycles. The van der Waals surface area contributed by atoms with E-state index in [0.717, 1.165) is 4.90 Å². The Kier molecular flexibility index (Phi) is 4.00. The quantitative estimate of drug-likeness (QED) is 0.668. The Bertz CT molecular complexity index is 1120. The molecule has 4 rings (SSSR count). The van der Waals surface area contributed by atoms with E-state index in [1.807, 2.05) is 0 Å². The molecule has 27 heavy (non-hydrogen) atoms. The monoisotopic (exact) mass is 362 g/mol. The van der Waals surface area contributed by atoms with E-state index in [2.05, 4.69) is 15.5 Å². The standard InChI is InChI=1S/C19H14N4O4/c24-16(10-23-18(26)13-7-3-4-8-14(13)19(23)27)20-9-15-11-5-1-2-6-12(11)17(25)22-21-15/h1-8H,9-10H2,(H,20,24)(H,22,25). The van der Waals surface area contributed by atoms with Gasteiger partial charge in [-0.2, -0.15) is 5.10 Å². The number of aromatic nitrogens is 2. The summed E-state index contributed by atoms with van der Waals surface area (Å²) in [6.45, 7) is -0.326. The van der Waals surface area contributed by atoms with E-state index in [9.17, 15) is 19.2 Å². The molecule has 2 N–H and O–H groups in total. The van der Waals surface area contributed by atoms with Gasteiger partial charge in [0.05, 0.1) is 28.8 Å². The molecule has 0 unspecified atom stereocenters. The largest absolute Gasteiger partial charge is 0.349 e. The molecule has 3 aromatic rings. The summed E-state index contributed by atoms with van der Waals surface area (Å²) in [6, 6.07) is 13.4. The van der Waals surface area contributed by atoms with Gasteiger partial charge in [0.15, 0.2) is 0 Å². The van der Waals surface area contributed by atoms with Crippen LogP contribution in [0.1, 0.15) is 26.4 Å². The highest BCUT2D eigenvalue weighted by Gasteiger charge is 2.36. The summed E-state index contributed by atoms with van der Waals surface area (Å²) in [5, 5.41) is 10.1. The average molecular weight is 362 g/mol. The molecule has 2 aromatic carbocycles. The van der Waals surface area contributed by atoms with Gasteiger partial charge in [-0.25, -0.2) is 5.10 Å². The third-order valence-corrected chi connectivity index (χ3v) is 4.41. The van der Waals surface area contributed by atoms with Crippen molar-refractivity contribution in [2.24, 2.45) is 0 Å². The number of rotatable bonds is 4. The molecule has 3 amide bonds. The highest BCUT2D eigenvalue weighted by molar-refractivity contribution is 6.22. The smallest absolute Gasteiger partial charge is 0.272 e. The van der Waals surface area contributed by atoms with Crippen LogP contribution < -0.4 is 10.9 Å². The van der Waals surface area contributed by atoms with Crippen molar-refractivity contribution in [1.29, 1.82) is 0 Å². The molecule has 0 fully saturated rings. The van der Waals surface area contributed by atoms with Gasteiger partial charge in [0.25, 0.3) is 17.4 Å². The summed E-state index contributed by atoms with van der Waals surface area (Å²) in [6.07, 6.45) is 0. The molecule has 8 heteroatoms. The number of nitrogens with one attached hydrogen (secondary N) is 2. The fraction of sp³-hybridized carbons (Fsp3) is 0.105. The van der Waals surface area contributed by atoms with E-state index in [0.29, 0.717) is 27.6 Å². The number of amides is 3. The van der Waals surface area contributed by atoms with Crippen LogP contribution in [0, 0.1) is 0 Å². The van der Waals surface area contributed by atoms with Crippen molar-refractivity contribution in [3.05, 3.63) is 75.7 Å². The van der Waals surface area contributed by atoms with Crippen LogP contribution in [0.5, 0.6) is 0 Å². The van der Waals surface area contributed by atoms with Gasteiger partial charge in [0.1, 0.15) is 6.54 Å². The van der Waals surface area contributed by atoms with E-state index >= 15 is 0 Å². The summed E-state index contributed by atoms with van der Waals surface area (Å²) >= 11 is 0. The zero-order valence-corrected chi connectivity index (χ0v) is 14.1. The minimum Gasteiger partial charge on any atom is -0.349 e. The number of benzene rings is 2. The van der Waals surface area contributed by atoms with Gasteiger partial charge < -0.3 is 5.32 Å². The average Bonchev–Trinajstić information content (AvgIpc) is 2.93. The predicted octanol–water partition coefficient (Wildman–Crippen LogP) is 0.835. The molecule has 134 valence electrons. The first kappa shape index (κ1) is 16.6. The zero-order valence-electron chi connectivity index (χ0n) is 14.1. The molecule has 2 heterocycles. The summed E-state index contributed by atoms with van der Waals surface area (Å²) in [5.41, 5.74) is 0.764. The molecule has 0 spiro atoms. The second kappa shape index (κ2) is 6.49. The van der Waals surface area contributed by atoms with E-state index in [1.54, 1.807) is 48.5 Å². The maximum Gasteiger partial charge on any atom is 0.272 e. The van der Waals surface area contributed by atoms with Gasteiger partial charge >= 0.3 is 0 Å². The molecular weight excluding hydrogens is 348 g/mol. The SMILES string of the molecule is O=C(CN1C(=O)c2ccccc2C1=O)NCc1n[nH]c(=O)c2ccccc12. The number of aromatic amines is 1. The third kappa shape index (κ3) is 2.86. The first-order chi connectivity index (χ1) is 13.1. The first-order valence-corrected chi connectivity index (χ1v) is 8.24. The number of hydrogen-bond donors (Lipinski definition) is 2. The second-order valence-corrected chi connectivity index (χ2v) is 6.06. The summed E-state index contributed by atoms with van der Waals surface area (Å²) in [4.78, 5) is 49.6. The molecule has 0 saturated carbocycles. The Labute approximate surface area is 152 Å². The molecule has 8 nitrogen and oxygen atoms in total. The van der Waals surface area contributed by atoms with Crippen molar-refractivity contribution in [1.82, 2.24) is 20.4 Å². The van der Waals surface area contributed by atoms with Crippen molar-refractivity contribution >= 4 is 28.5 Å². The van der Waals surface area contributed by atoms with Crippen molar-refractivity contribution < 1.29 is 14.4 Å². The van der Waals surface area contributed by atoms with Gasteiger partial charge in [-0.15, -0.1) is 0 Å². The Balaban J connectivity index is 1.47. The van der Waals surface area contributed by atoms with E-state index in [1.165, 1.54) is 0 Å². The Morgan fingerprint density at radius 1 is 0.926 bits per heavy atom. The lowest BCUT2D eigenvalue weighted by molar-refractivity contribution is -0.121. The Morgan fingerprint density at radius 3 is 2.19 bits per heavy atom. The summed E-state index contributed by atoms with van der Waals surface area (Å²) < 4.78 is 0. The van der Waals surface area contributed by atoms with Crippen molar-refractivity contribution in [2.45, 2.75) is 6.54 Å². The highest BCUT2D eigenvalue weighted by atomic mass is 16.2. The van der Waals surface area contributed by atoms with Gasteiger partial charge in [0, 0.05) is 5.39 Å². The van der Waals surface area contributed by atoms with Gasteiger partial charge in [0.2, 0.25) is 5.91 Å². The van der Waals surface area contributed by atoms with E-state index in [-0.39, 0.29) is 18.6 Å². The second-order valence-electron chi connectivity index (χ2n) is 6.06. The molecular formula is C19H14N4O4. The van der Waals surface area contributed by atoms with Crippen LogP contribution in [0.2, 0.25) is 0 Å². The predicted molar refractivity (Wildman–Crippen MR) is 96.0 cm³/mol. The lowest BCUT2D eigenvalue weighted by Gasteiger charge is -2.13. The van der Waals surface area contributed by atoms with Crippen molar-refractivity contribution in [3.8, 4) is 0 Å². The van der Waals surface area contributed by atoms with E-state index in [4.69, 9.17) is 0 Å². The Morgan fingerprint density at radius 2 is 1.52 bits per heavy atom. The molecule has 0 radical (unpaired) electrons. The lowest BCUT2D eigenvalue weighted by Crippen LogP contribution is -2.40. The molecule has 0 atom stereocenters. The number of imide groups is 1. The van der Waals surface area contributed by atoms with Crippen LogP contribution in [-0.2, 0) is 11.3 Å². The molecule has 1 aliphatic heterocycles. The minimum atomic E-state index is -0.499. The molecule has 0 saturated heterocycles. The van der Waals surface area contributed by atoms with Crippen LogP contribution in [0.15, 0.2) is 53.3 Å². The van der Waals surface area contributed by atoms with Crippen LogP contribution in [0.25, 0.3) is 10.8 Å². The third-order valence-electron chi connectivity index (χ3n) is 4.41. The van der Waals surface area contributed by atoms with Crippen molar-refractivity contribution in [2.75, 3.05) is 6.54 Å². The normalized spacial score (nSPS) is 13.1. The fourth-order valence-corrected chi connectivity index (χ4v) is 3.07. The maximum atomic E-state index is 12.3. The summed E-state index contributed by atoms with van der Waals surface area (Å²) in [7, 11) is 0. The van der Waals surface area contributed by atoms with Crippen LogP contribution >= 0.6 is 0 Å². The topological polar surface area (TPSA) is 112 Å². The number of hydrogen-bond acceptors (Lipinski definition) is 5. The number of carbonyl (C=O) groups excluding carboxylic acids is 3. The van der Waals surface area contributed by atoms with Crippen LogP contribution in [-0.4, -0.2) is 39.4 Å². The number of nitrogens with zero attached hydrogens (tertiary/aromatic N) is 2. The maximum absolute atomic E-state index is 12.3. The number of H-pyrrole nitrogens is 1. The molecule has 0 bridgehead atoms. The minimum absolute atomic E-state index is 0.0549. The number of carbonyl (C=O) groups is 3. The van der Waals surface area contributed by atoms with Gasteiger partial charge in [-0.3, -0.25) is 24.1 Å². The first-order valence-electron chi connectivity index (χ1n) is 8.24. The van der Waals surface area contributed by atoms with Crippen LogP contribution in [0.3, 0.4) is 0 Å². The van der Waals surface area contributed by atoms with Gasteiger partial charge in [-0.05, 0) is 18.2 Å². The zero-order chi connectivity index (χ0) is 19.0. The molecule has 0 aliphatic carbocycles. The van der Waals surface area contributed by atoms with E-state index < -0.39 is 17.7 Å². The lowest BCUT2D eigenvalue weighted by atomic mass is 10.1. The number of fused-ring (bicyclic) bond motifs is 2. The van der Waals surface area contributed by atoms with Gasteiger partial charge in [-0.1, -0.05) is 30.3 Å². The molecule has 1 aliphatic rings.